The van der Waals surface area contributed by atoms with Crippen LogP contribution in [0.1, 0.15) is 64.8 Å². The van der Waals surface area contributed by atoms with Gasteiger partial charge in [-0.3, -0.25) is 0 Å². The van der Waals surface area contributed by atoms with Gasteiger partial charge < -0.3 is 10.4 Å². The van der Waals surface area contributed by atoms with Gasteiger partial charge in [0.2, 0.25) is 16.0 Å². The summed E-state index contributed by atoms with van der Waals surface area (Å²) in [6.45, 7) is 5.27. The fourth-order valence-corrected chi connectivity index (χ4v) is 5.40. The normalized spacial score (nSPS) is 18.9. The molecule has 2 heterocycles. The van der Waals surface area contributed by atoms with Gasteiger partial charge in [0.15, 0.2) is 5.65 Å². The third-order valence-electron chi connectivity index (χ3n) is 6.25. The van der Waals surface area contributed by atoms with Crippen molar-refractivity contribution in [2.45, 2.75) is 75.8 Å². The molecule has 0 amide bonds. The zero-order chi connectivity index (χ0) is 24.1. The van der Waals surface area contributed by atoms with Gasteiger partial charge in [-0.2, -0.15) is 10.1 Å². The number of aromatic nitrogens is 4. The number of unbranched alkanes of at least 4 members (excludes halogenated alkanes) is 1. The van der Waals surface area contributed by atoms with Crippen LogP contribution in [0.4, 0.5) is 5.95 Å². The van der Waals surface area contributed by atoms with E-state index in [9.17, 15) is 13.5 Å². The van der Waals surface area contributed by atoms with Gasteiger partial charge in [0, 0.05) is 24.8 Å². The molecule has 0 bridgehead atoms. The summed E-state index contributed by atoms with van der Waals surface area (Å²) in [5.41, 5.74) is 2.29. The van der Waals surface area contributed by atoms with E-state index in [0.29, 0.717) is 12.5 Å². The smallest absolute Gasteiger partial charge is 0.240 e. The summed E-state index contributed by atoms with van der Waals surface area (Å²) in [4.78, 5) is 9.52. The topological polar surface area (TPSA) is 122 Å². The first-order chi connectivity index (χ1) is 16.4. The van der Waals surface area contributed by atoms with Crippen LogP contribution in [0, 0.1) is 0 Å². The lowest BCUT2D eigenvalue weighted by Crippen LogP contribution is -2.24. The molecule has 1 aliphatic carbocycles. The zero-order valence-corrected chi connectivity index (χ0v) is 20.7. The third-order valence-corrected chi connectivity index (χ3v) is 7.73. The SMILES string of the molecule is CCCCNc1ncc2c(-c3ccc(S(=O)(=O)NCCC)cc3)nn([C@H]3CC[C@H](O)CC3)c2n1. The largest absolute Gasteiger partial charge is 0.393 e. The molecule has 0 atom stereocenters. The second kappa shape index (κ2) is 10.8. The van der Waals surface area contributed by atoms with E-state index in [1.165, 1.54) is 0 Å². The molecule has 3 N–H and O–H groups in total. The van der Waals surface area contributed by atoms with E-state index in [-0.39, 0.29) is 17.0 Å². The van der Waals surface area contributed by atoms with Crippen molar-refractivity contribution in [2.24, 2.45) is 0 Å². The molecule has 1 fully saturated rings. The lowest BCUT2D eigenvalue weighted by Gasteiger charge is -2.25. The van der Waals surface area contributed by atoms with Gasteiger partial charge in [0.25, 0.3) is 0 Å². The van der Waals surface area contributed by atoms with Gasteiger partial charge in [-0.1, -0.05) is 32.4 Å². The summed E-state index contributed by atoms with van der Waals surface area (Å²) in [5.74, 6) is 0.577. The number of aliphatic hydroxyl groups is 1. The number of fused-ring (bicyclic) bond motifs is 1. The Morgan fingerprint density at radius 3 is 2.47 bits per heavy atom. The van der Waals surface area contributed by atoms with E-state index in [1.807, 2.05) is 11.6 Å². The van der Waals surface area contributed by atoms with Crippen LogP contribution in [0.2, 0.25) is 0 Å². The monoisotopic (exact) mass is 486 g/mol. The Labute approximate surface area is 201 Å². The van der Waals surface area contributed by atoms with Gasteiger partial charge in [0.1, 0.15) is 5.69 Å². The molecule has 34 heavy (non-hydrogen) atoms. The number of rotatable bonds is 10. The molecule has 10 heteroatoms. The second-order valence-electron chi connectivity index (χ2n) is 8.89. The molecular formula is C24H34N6O3S. The number of aliphatic hydroxyl groups excluding tert-OH is 1. The highest BCUT2D eigenvalue weighted by atomic mass is 32.2. The Kier molecular flexibility index (Phi) is 7.80. The van der Waals surface area contributed by atoms with Gasteiger partial charge >= 0.3 is 0 Å². The maximum atomic E-state index is 12.5. The molecule has 1 aliphatic rings. The van der Waals surface area contributed by atoms with E-state index in [0.717, 1.165) is 73.8 Å². The van der Waals surface area contributed by atoms with Crippen molar-refractivity contribution in [1.29, 1.82) is 0 Å². The summed E-state index contributed by atoms with van der Waals surface area (Å²) in [5, 5.41) is 19.0. The maximum Gasteiger partial charge on any atom is 0.240 e. The predicted molar refractivity (Wildman–Crippen MR) is 133 cm³/mol. The van der Waals surface area contributed by atoms with Crippen molar-refractivity contribution in [3.63, 3.8) is 0 Å². The molecule has 0 unspecified atom stereocenters. The molecule has 1 aromatic carbocycles. The second-order valence-corrected chi connectivity index (χ2v) is 10.7. The van der Waals surface area contributed by atoms with Gasteiger partial charge in [-0.25, -0.2) is 22.8 Å². The minimum atomic E-state index is -3.53. The van der Waals surface area contributed by atoms with Crippen LogP contribution in [0.5, 0.6) is 0 Å². The van der Waals surface area contributed by atoms with Crippen molar-refractivity contribution < 1.29 is 13.5 Å². The van der Waals surface area contributed by atoms with Crippen LogP contribution < -0.4 is 10.0 Å². The van der Waals surface area contributed by atoms with Crippen LogP contribution in [0.3, 0.4) is 0 Å². The van der Waals surface area contributed by atoms with Crippen LogP contribution in [-0.4, -0.2) is 52.5 Å². The molecule has 0 spiro atoms. The quantitative estimate of drug-likeness (QED) is 0.372. The fraction of sp³-hybridized carbons (Fsp3) is 0.542. The summed E-state index contributed by atoms with van der Waals surface area (Å²) < 4.78 is 29.5. The standard InChI is InChI=1S/C24H34N6O3S/c1-3-5-15-25-24-26-16-21-22(17-6-12-20(13-7-17)34(32,33)27-14-4-2)29-30(23(21)28-24)18-8-10-19(31)11-9-18/h6-7,12-13,16,18-19,27,31H,3-5,8-11,14-15H2,1-2H3,(H,25,26,28)/t18-,19-. The number of nitrogens with zero attached hydrogens (tertiary/aromatic N) is 4. The number of sulfonamides is 1. The molecule has 3 aromatic rings. The highest BCUT2D eigenvalue weighted by molar-refractivity contribution is 7.89. The first kappa shape index (κ1) is 24.6. The van der Waals surface area contributed by atoms with Crippen LogP contribution in [0.25, 0.3) is 22.3 Å². The Bertz CT molecular complexity index is 1200. The molecule has 0 radical (unpaired) electrons. The summed E-state index contributed by atoms with van der Waals surface area (Å²) in [6, 6.07) is 6.93. The number of anilines is 1. The number of hydrogen-bond donors (Lipinski definition) is 3. The first-order valence-electron chi connectivity index (χ1n) is 12.2. The van der Waals surface area contributed by atoms with Crippen LogP contribution in [-0.2, 0) is 10.0 Å². The van der Waals surface area contributed by atoms with Crippen molar-refractivity contribution in [1.82, 2.24) is 24.5 Å². The molecule has 4 rings (SSSR count). The van der Waals surface area contributed by atoms with Gasteiger partial charge in [0.05, 0.1) is 22.4 Å². The van der Waals surface area contributed by atoms with Crippen molar-refractivity contribution in [2.75, 3.05) is 18.4 Å². The predicted octanol–water partition coefficient (Wildman–Crippen LogP) is 3.87. The summed E-state index contributed by atoms with van der Waals surface area (Å²) >= 11 is 0. The van der Waals surface area contributed by atoms with Crippen LogP contribution >= 0.6 is 0 Å². The molecule has 1 saturated carbocycles. The van der Waals surface area contributed by atoms with E-state index in [4.69, 9.17) is 10.1 Å². The molecule has 0 saturated heterocycles. The minimum Gasteiger partial charge on any atom is -0.393 e. The van der Waals surface area contributed by atoms with Crippen LogP contribution in [0.15, 0.2) is 35.4 Å². The minimum absolute atomic E-state index is 0.149. The molecule has 9 nitrogen and oxygen atoms in total. The highest BCUT2D eigenvalue weighted by Gasteiger charge is 2.26. The Balaban J connectivity index is 1.70. The molecule has 0 aliphatic heterocycles. The fourth-order valence-electron chi connectivity index (χ4n) is 4.27. The maximum absolute atomic E-state index is 12.5. The Hall–Kier alpha value is -2.56. The molecule has 2 aromatic heterocycles. The van der Waals surface area contributed by atoms with Gasteiger partial charge in [-0.15, -0.1) is 0 Å². The van der Waals surface area contributed by atoms with Crippen molar-refractivity contribution in [3.8, 4) is 11.3 Å². The number of benzene rings is 1. The average molecular weight is 487 g/mol. The Morgan fingerprint density at radius 2 is 1.79 bits per heavy atom. The average Bonchev–Trinajstić information content (AvgIpc) is 3.22. The zero-order valence-electron chi connectivity index (χ0n) is 19.9. The number of hydrogen-bond acceptors (Lipinski definition) is 7. The van der Waals surface area contributed by atoms with E-state index in [2.05, 4.69) is 21.9 Å². The third kappa shape index (κ3) is 5.39. The van der Waals surface area contributed by atoms with E-state index in [1.54, 1.807) is 30.5 Å². The van der Waals surface area contributed by atoms with E-state index >= 15 is 0 Å². The summed E-state index contributed by atoms with van der Waals surface area (Å²) in [7, 11) is -3.53. The highest BCUT2D eigenvalue weighted by Crippen LogP contribution is 2.34. The lowest BCUT2D eigenvalue weighted by molar-refractivity contribution is 0.109. The van der Waals surface area contributed by atoms with Crippen molar-refractivity contribution in [3.05, 3.63) is 30.5 Å². The lowest BCUT2D eigenvalue weighted by atomic mass is 9.93. The Morgan fingerprint density at radius 1 is 1.06 bits per heavy atom. The van der Waals surface area contributed by atoms with Crippen molar-refractivity contribution >= 4 is 27.0 Å². The van der Waals surface area contributed by atoms with Gasteiger partial charge in [-0.05, 0) is 50.7 Å². The first-order valence-corrected chi connectivity index (χ1v) is 13.7. The van der Waals surface area contributed by atoms with E-state index < -0.39 is 10.0 Å². The molecular weight excluding hydrogens is 452 g/mol. The molecule has 184 valence electrons. The number of nitrogens with one attached hydrogen (secondary N) is 2. The summed E-state index contributed by atoms with van der Waals surface area (Å²) in [6.07, 6.45) is 7.54.